The number of oxazole rings is 1. The first kappa shape index (κ1) is 27.8. The highest BCUT2D eigenvalue weighted by molar-refractivity contribution is 7.92. The molecule has 0 saturated carbocycles. The lowest BCUT2D eigenvalue weighted by Crippen LogP contribution is -2.25. The van der Waals surface area contributed by atoms with Gasteiger partial charge in [0.2, 0.25) is 5.89 Å². The molecule has 2 heterocycles. The van der Waals surface area contributed by atoms with Gasteiger partial charge >= 0.3 is 0 Å². The van der Waals surface area contributed by atoms with E-state index in [1.54, 1.807) is 32.0 Å². The van der Waals surface area contributed by atoms with Crippen LogP contribution in [0.1, 0.15) is 53.4 Å². The number of hydrogen-bond acceptors (Lipinski definition) is 7. The molecule has 2 aromatic heterocycles. The molecular weight excluding hydrogens is 524 g/mol. The molecule has 0 unspecified atom stereocenters. The average molecular weight is 561 g/mol. The number of aromatic hydroxyl groups is 1. The smallest absolute Gasteiger partial charge is 0.231 e. The number of phenols is 1. The van der Waals surface area contributed by atoms with E-state index in [1.165, 1.54) is 43.5 Å². The zero-order valence-electron chi connectivity index (χ0n) is 23.5. The number of unbranched alkanes of at least 4 members (excludes halogenated alkanes) is 2. The number of rotatable bonds is 11. The van der Waals surface area contributed by atoms with Crippen LogP contribution in [-0.4, -0.2) is 36.8 Å². The van der Waals surface area contributed by atoms with Gasteiger partial charge in [0.15, 0.2) is 15.4 Å². The second kappa shape index (κ2) is 11.4. The molecule has 0 atom stereocenters. The Kier molecular flexibility index (Phi) is 7.90. The molecule has 0 spiro atoms. The highest BCUT2D eigenvalue weighted by atomic mass is 32.2. The Hall–Kier alpha value is -3.78. The molecule has 0 radical (unpaired) electrons. The van der Waals surface area contributed by atoms with Crippen LogP contribution in [0.4, 0.5) is 5.69 Å². The Bertz CT molecular complexity index is 1720. The van der Waals surface area contributed by atoms with Crippen LogP contribution >= 0.6 is 0 Å². The van der Waals surface area contributed by atoms with E-state index >= 15 is 0 Å². The van der Waals surface area contributed by atoms with E-state index < -0.39 is 15.1 Å². The van der Waals surface area contributed by atoms with Crippen molar-refractivity contribution in [1.82, 2.24) is 4.98 Å². The summed E-state index contributed by atoms with van der Waals surface area (Å²) in [5, 5.41) is 11.1. The van der Waals surface area contributed by atoms with Crippen LogP contribution in [0.3, 0.4) is 0 Å². The molecule has 0 aliphatic carbocycles. The summed E-state index contributed by atoms with van der Waals surface area (Å²) in [5.74, 6) is 0.875. The molecule has 0 bridgehead atoms. The third-order valence-electron chi connectivity index (χ3n) is 7.25. The van der Waals surface area contributed by atoms with Crippen LogP contribution in [-0.2, 0) is 9.84 Å². The second-order valence-corrected chi connectivity index (χ2v) is 13.0. The van der Waals surface area contributed by atoms with Gasteiger partial charge in [0.25, 0.3) is 0 Å². The number of phenolic OH excluding ortho intramolecular Hbond substituents is 1. The summed E-state index contributed by atoms with van der Waals surface area (Å²) in [5.41, 5.74) is 3.97. The van der Waals surface area contributed by atoms with Gasteiger partial charge in [-0.3, -0.25) is 0 Å². The van der Waals surface area contributed by atoms with Gasteiger partial charge in [-0.15, -0.1) is 0 Å². The summed E-state index contributed by atoms with van der Waals surface area (Å²) >= 11 is 0. The first-order valence-corrected chi connectivity index (χ1v) is 15.5. The molecule has 5 rings (SSSR count). The third kappa shape index (κ3) is 5.45. The highest BCUT2D eigenvalue weighted by Crippen LogP contribution is 2.38. The Morgan fingerprint density at radius 2 is 1.57 bits per heavy atom. The monoisotopic (exact) mass is 560 g/mol. The molecule has 0 aliphatic heterocycles. The molecule has 7 nitrogen and oxygen atoms in total. The molecule has 8 heteroatoms. The lowest BCUT2D eigenvalue weighted by atomic mass is 10.1. The van der Waals surface area contributed by atoms with E-state index in [0.717, 1.165) is 24.0 Å². The van der Waals surface area contributed by atoms with Gasteiger partial charge in [-0.2, -0.15) is 0 Å². The molecule has 3 aromatic carbocycles. The molecule has 0 amide bonds. The van der Waals surface area contributed by atoms with Crippen molar-refractivity contribution < 1.29 is 22.4 Å². The summed E-state index contributed by atoms with van der Waals surface area (Å²) in [6, 6.07) is 18.3. The van der Waals surface area contributed by atoms with Crippen molar-refractivity contribution in [3.8, 4) is 28.5 Å². The van der Waals surface area contributed by atoms with Crippen LogP contribution in [0, 0.1) is 0 Å². The maximum Gasteiger partial charge on any atom is 0.231 e. The van der Waals surface area contributed by atoms with Crippen molar-refractivity contribution in [2.24, 2.45) is 0 Å². The summed E-state index contributed by atoms with van der Waals surface area (Å²) in [6.45, 7) is 9.81. The number of anilines is 1. The van der Waals surface area contributed by atoms with Crippen molar-refractivity contribution >= 4 is 37.6 Å². The summed E-state index contributed by atoms with van der Waals surface area (Å²) in [7, 11) is -3.45. The van der Waals surface area contributed by atoms with Crippen molar-refractivity contribution in [1.29, 1.82) is 0 Å². The summed E-state index contributed by atoms with van der Waals surface area (Å²) in [4.78, 5) is 7.13. The minimum Gasteiger partial charge on any atom is -0.507 e. The Morgan fingerprint density at radius 3 is 2.23 bits per heavy atom. The van der Waals surface area contributed by atoms with Gasteiger partial charge in [0.05, 0.1) is 15.7 Å². The van der Waals surface area contributed by atoms with Gasteiger partial charge < -0.3 is 18.8 Å². The van der Waals surface area contributed by atoms with Gasteiger partial charge in [-0.25, -0.2) is 13.4 Å². The van der Waals surface area contributed by atoms with E-state index in [9.17, 15) is 13.5 Å². The quantitative estimate of drug-likeness (QED) is 0.174. The van der Waals surface area contributed by atoms with Crippen molar-refractivity contribution in [2.45, 2.75) is 63.5 Å². The predicted molar refractivity (Wildman–Crippen MR) is 161 cm³/mol. The molecule has 0 fully saturated rings. The van der Waals surface area contributed by atoms with Crippen molar-refractivity contribution in [2.75, 3.05) is 18.0 Å². The van der Waals surface area contributed by atoms with E-state index in [0.29, 0.717) is 28.0 Å². The standard InChI is InChI=1S/C32H36N2O5S/c1-5-7-15-34(16-8-6-2)24-11-9-22(10-12-24)30-18-23-17-26(28(35)20-31(23)38-30)32-33-27-19-25(13-14-29(27)39-32)40(36,37)21(3)4/h9-14,17-21,35H,5-8,15-16H2,1-4H3. The van der Waals surface area contributed by atoms with Crippen molar-refractivity contribution in [3.63, 3.8) is 0 Å². The van der Waals surface area contributed by atoms with E-state index in [-0.39, 0.29) is 16.5 Å². The molecule has 210 valence electrons. The fourth-order valence-electron chi connectivity index (χ4n) is 4.77. The van der Waals surface area contributed by atoms with Gasteiger partial charge in [-0.05, 0) is 81.3 Å². The topological polar surface area (TPSA) is 96.8 Å². The molecule has 0 saturated heterocycles. The average Bonchev–Trinajstić information content (AvgIpc) is 3.56. The number of fused-ring (bicyclic) bond motifs is 2. The Balaban J connectivity index is 1.44. The van der Waals surface area contributed by atoms with E-state index in [4.69, 9.17) is 8.83 Å². The molecular formula is C32H36N2O5S. The van der Waals surface area contributed by atoms with Crippen LogP contribution in [0.5, 0.6) is 5.75 Å². The fourth-order valence-corrected chi connectivity index (χ4v) is 5.84. The maximum atomic E-state index is 12.6. The largest absolute Gasteiger partial charge is 0.507 e. The Morgan fingerprint density at radius 1 is 0.875 bits per heavy atom. The number of sulfone groups is 1. The first-order chi connectivity index (χ1) is 19.2. The van der Waals surface area contributed by atoms with E-state index in [2.05, 4.69) is 48.0 Å². The summed E-state index contributed by atoms with van der Waals surface area (Å²) < 4.78 is 37.2. The number of nitrogens with zero attached hydrogens (tertiary/aromatic N) is 2. The van der Waals surface area contributed by atoms with Crippen LogP contribution in [0.15, 0.2) is 74.4 Å². The van der Waals surface area contributed by atoms with Crippen molar-refractivity contribution in [3.05, 3.63) is 60.7 Å². The number of furan rings is 1. The van der Waals surface area contributed by atoms with Crippen LogP contribution < -0.4 is 4.90 Å². The van der Waals surface area contributed by atoms with E-state index in [1.807, 2.05) is 6.07 Å². The van der Waals surface area contributed by atoms with Gasteiger partial charge in [-0.1, -0.05) is 26.7 Å². The maximum absolute atomic E-state index is 12.6. The Labute approximate surface area is 235 Å². The molecule has 5 aromatic rings. The molecule has 0 aliphatic rings. The lowest BCUT2D eigenvalue weighted by molar-refractivity contribution is 0.473. The zero-order valence-corrected chi connectivity index (χ0v) is 24.3. The number of hydrogen-bond donors (Lipinski definition) is 1. The van der Waals surface area contributed by atoms with Gasteiger partial charge in [0, 0.05) is 35.8 Å². The summed E-state index contributed by atoms with van der Waals surface area (Å²) in [6.07, 6.45) is 4.66. The predicted octanol–water partition coefficient (Wildman–Crippen LogP) is 8.20. The minimum absolute atomic E-state index is 0.0344. The SMILES string of the molecule is CCCCN(CCCC)c1ccc(-c2cc3cc(-c4nc5cc(S(=O)(=O)C(C)C)ccc5o4)c(O)cc3o2)cc1. The zero-order chi connectivity index (χ0) is 28.4. The number of benzene rings is 3. The number of aromatic nitrogens is 1. The molecule has 40 heavy (non-hydrogen) atoms. The van der Waals surface area contributed by atoms with Crippen LogP contribution in [0.2, 0.25) is 0 Å². The van der Waals surface area contributed by atoms with Gasteiger partial charge in [0.1, 0.15) is 22.6 Å². The molecule has 1 N–H and O–H groups in total. The third-order valence-corrected chi connectivity index (χ3v) is 9.41. The highest BCUT2D eigenvalue weighted by Gasteiger charge is 2.22. The first-order valence-electron chi connectivity index (χ1n) is 14.0. The minimum atomic E-state index is -3.45. The lowest BCUT2D eigenvalue weighted by Gasteiger charge is -2.24. The van der Waals surface area contributed by atoms with Crippen LogP contribution in [0.25, 0.3) is 44.8 Å². The normalized spacial score (nSPS) is 12.1. The second-order valence-electron chi connectivity index (χ2n) is 10.5. The fraction of sp³-hybridized carbons (Fsp3) is 0.344.